The Labute approximate surface area is 163 Å². The van der Waals surface area contributed by atoms with Gasteiger partial charge in [0.05, 0.1) is 0 Å². The summed E-state index contributed by atoms with van der Waals surface area (Å²) in [6.45, 7) is 14.4. The molecule has 148 valence electrons. The maximum Gasteiger partial charge on any atom is -0.0179 e. The first kappa shape index (κ1) is 19.1. The minimum Gasteiger partial charge on any atom is -0.103 e. The third-order valence-corrected chi connectivity index (χ3v) is 11.0. The monoisotopic (exact) mass is 356 g/mol. The summed E-state index contributed by atoms with van der Waals surface area (Å²) in [5.41, 5.74) is 1.89. The molecule has 0 spiro atoms. The van der Waals surface area contributed by atoms with E-state index in [0.717, 1.165) is 29.6 Å². The summed E-state index contributed by atoms with van der Waals surface area (Å²) < 4.78 is 0. The normalized spacial score (nSPS) is 53.9. The van der Waals surface area contributed by atoms with Crippen LogP contribution in [-0.4, -0.2) is 0 Å². The largest absolute Gasteiger partial charge is 0.103 e. The molecule has 0 aromatic carbocycles. The molecule has 4 rings (SSSR count). The third-order valence-electron chi connectivity index (χ3n) is 11.0. The number of hydrogen-bond acceptors (Lipinski definition) is 0. The molecular formula is C26H44. The topological polar surface area (TPSA) is 0 Å². The van der Waals surface area contributed by atoms with Gasteiger partial charge in [0.2, 0.25) is 0 Å². The highest BCUT2D eigenvalue weighted by molar-refractivity contribution is 5.11. The zero-order valence-corrected chi connectivity index (χ0v) is 18.2. The van der Waals surface area contributed by atoms with Gasteiger partial charge in [0, 0.05) is 0 Å². The van der Waals surface area contributed by atoms with Gasteiger partial charge in [0.1, 0.15) is 0 Å². The van der Waals surface area contributed by atoms with Crippen molar-refractivity contribution in [3.63, 3.8) is 0 Å². The van der Waals surface area contributed by atoms with Gasteiger partial charge in [-0.2, -0.15) is 0 Å². The van der Waals surface area contributed by atoms with Crippen molar-refractivity contribution >= 4 is 0 Å². The fourth-order valence-corrected chi connectivity index (χ4v) is 8.90. The van der Waals surface area contributed by atoms with Crippen LogP contribution in [0.4, 0.5) is 0 Å². The van der Waals surface area contributed by atoms with Crippen LogP contribution in [0.5, 0.6) is 0 Å². The summed E-state index contributed by atoms with van der Waals surface area (Å²) >= 11 is 0. The van der Waals surface area contributed by atoms with Crippen molar-refractivity contribution in [1.82, 2.24) is 0 Å². The fourth-order valence-electron chi connectivity index (χ4n) is 8.90. The summed E-state index contributed by atoms with van der Waals surface area (Å²) in [6, 6.07) is 0. The van der Waals surface area contributed by atoms with Gasteiger partial charge in [-0.15, -0.1) is 6.58 Å². The summed E-state index contributed by atoms with van der Waals surface area (Å²) in [6.07, 6.45) is 20.2. The summed E-state index contributed by atoms with van der Waals surface area (Å²) in [5, 5.41) is 0. The van der Waals surface area contributed by atoms with Crippen LogP contribution >= 0.6 is 0 Å². The minimum absolute atomic E-state index is 0.577. The zero-order chi connectivity index (χ0) is 18.6. The first-order chi connectivity index (χ1) is 12.4. The molecule has 0 N–H and O–H groups in total. The third kappa shape index (κ3) is 2.60. The molecule has 8 atom stereocenters. The van der Waals surface area contributed by atoms with E-state index >= 15 is 0 Å². The van der Waals surface area contributed by atoms with Gasteiger partial charge in [0.15, 0.2) is 0 Å². The Morgan fingerprint density at radius 1 is 0.808 bits per heavy atom. The SMILES string of the molecule is C=CC1CCC2C3CCC4CC[C@](C)(CC)CCC4(CC)C3CCC12C. The molecule has 0 nitrogen and oxygen atoms in total. The van der Waals surface area contributed by atoms with Crippen molar-refractivity contribution in [2.45, 2.75) is 105 Å². The van der Waals surface area contributed by atoms with Gasteiger partial charge in [-0.1, -0.05) is 40.2 Å². The molecular weight excluding hydrogens is 312 g/mol. The second kappa shape index (κ2) is 6.66. The van der Waals surface area contributed by atoms with Gasteiger partial charge < -0.3 is 0 Å². The molecule has 0 saturated heterocycles. The van der Waals surface area contributed by atoms with Gasteiger partial charge >= 0.3 is 0 Å². The highest BCUT2D eigenvalue weighted by atomic mass is 14.6. The van der Waals surface area contributed by atoms with Gasteiger partial charge in [-0.05, 0) is 116 Å². The quantitative estimate of drug-likeness (QED) is 0.449. The maximum atomic E-state index is 4.22. The molecule has 0 amide bonds. The van der Waals surface area contributed by atoms with Gasteiger partial charge in [-0.3, -0.25) is 0 Å². The van der Waals surface area contributed by atoms with E-state index in [1.54, 1.807) is 12.8 Å². The van der Waals surface area contributed by atoms with E-state index in [-0.39, 0.29) is 0 Å². The van der Waals surface area contributed by atoms with Gasteiger partial charge in [-0.25, -0.2) is 0 Å². The van der Waals surface area contributed by atoms with E-state index in [1.165, 1.54) is 64.2 Å². The Kier molecular flexibility index (Phi) is 4.89. The van der Waals surface area contributed by atoms with Crippen LogP contribution in [0.25, 0.3) is 0 Å². The average Bonchev–Trinajstić information content (AvgIpc) is 2.92. The summed E-state index contributed by atoms with van der Waals surface area (Å²) in [5.74, 6) is 4.88. The van der Waals surface area contributed by atoms with Crippen LogP contribution < -0.4 is 0 Å². The lowest BCUT2D eigenvalue weighted by atomic mass is 9.45. The lowest BCUT2D eigenvalue weighted by Crippen LogP contribution is -2.52. The van der Waals surface area contributed by atoms with Crippen LogP contribution in [0.2, 0.25) is 0 Å². The Hall–Kier alpha value is -0.260. The van der Waals surface area contributed by atoms with Crippen LogP contribution in [0.1, 0.15) is 105 Å². The summed E-state index contributed by atoms with van der Waals surface area (Å²) in [7, 11) is 0. The molecule has 4 aliphatic rings. The van der Waals surface area contributed by atoms with Crippen LogP contribution in [0, 0.1) is 45.8 Å². The Morgan fingerprint density at radius 2 is 1.62 bits per heavy atom. The molecule has 4 aliphatic carbocycles. The Morgan fingerprint density at radius 3 is 2.31 bits per heavy atom. The predicted octanol–water partition coefficient (Wildman–Crippen LogP) is 8.03. The van der Waals surface area contributed by atoms with E-state index in [2.05, 4.69) is 40.3 Å². The molecule has 0 aliphatic heterocycles. The first-order valence-electron chi connectivity index (χ1n) is 12.0. The van der Waals surface area contributed by atoms with E-state index in [9.17, 15) is 0 Å². The molecule has 0 heteroatoms. The Balaban J connectivity index is 1.64. The van der Waals surface area contributed by atoms with E-state index in [4.69, 9.17) is 0 Å². The molecule has 0 aromatic heterocycles. The Bertz CT molecular complexity index is 534. The van der Waals surface area contributed by atoms with Crippen LogP contribution in [0.15, 0.2) is 12.7 Å². The van der Waals surface area contributed by atoms with Crippen molar-refractivity contribution in [1.29, 1.82) is 0 Å². The molecule has 7 unspecified atom stereocenters. The van der Waals surface area contributed by atoms with E-state index in [1.807, 2.05) is 0 Å². The van der Waals surface area contributed by atoms with E-state index < -0.39 is 0 Å². The fraction of sp³-hybridized carbons (Fsp3) is 0.923. The van der Waals surface area contributed by atoms with Crippen LogP contribution in [0.3, 0.4) is 0 Å². The summed E-state index contributed by atoms with van der Waals surface area (Å²) in [4.78, 5) is 0. The van der Waals surface area contributed by atoms with Crippen LogP contribution in [-0.2, 0) is 0 Å². The highest BCUT2D eigenvalue weighted by Gasteiger charge is 2.60. The average molecular weight is 357 g/mol. The molecule has 4 fully saturated rings. The first-order valence-corrected chi connectivity index (χ1v) is 12.0. The maximum absolute atomic E-state index is 4.22. The molecule has 4 saturated carbocycles. The van der Waals surface area contributed by atoms with Crippen molar-refractivity contribution < 1.29 is 0 Å². The zero-order valence-electron chi connectivity index (χ0n) is 18.2. The van der Waals surface area contributed by atoms with Crippen molar-refractivity contribution in [3.05, 3.63) is 12.7 Å². The molecule has 0 bridgehead atoms. The molecule has 0 radical (unpaired) electrons. The number of rotatable bonds is 3. The molecule has 0 heterocycles. The highest BCUT2D eigenvalue weighted by Crippen LogP contribution is 2.68. The van der Waals surface area contributed by atoms with Gasteiger partial charge in [0.25, 0.3) is 0 Å². The van der Waals surface area contributed by atoms with Crippen molar-refractivity contribution in [2.75, 3.05) is 0 Å². The molecule has 0 aromatic rings. The number of fused-ring (bicyclic) bond motifs is 5. The predicted molar refractivity (Wildman–Crippen MR) is 113 cm³/mol. The standard InChI is InChI=1S/C26H44/c1-6-19-10-12-22-21-11-9-20-13-15-24(4,7-2)17-18-26(20,8-3)23(21)14-16-25(19,22)5/h6,19-23H,1,7-18H2,2-5H3/t19?,20?,21?,22?,23?,24-,25?,26?/m0/s1. The lowest BCUT2D eigenvalue weighted by Gasteiger charge is -2.60. The molecule has 26 heavy (non-hydrogen) atoms. The van der Waals surface area contributed by atoms with E-state index in [0.29, 0.717) is 16.2 Å². The second-order valence-corrected chi connectivity index (χ2v) is 11.4. The van der Waals surface area contributed by atoms with Crippen molar-refractivity contribution in [2.24, 2.45) is 45.8 Å². The number of hydrogen-bond donors (Lipinski definition) is 0. The number of allylic oxidation sites excluding steroid dienone is 1. The lowest BCUT2D eigenvalue weighted by molar-refractivity contribution is -0.106. The second-order valence-electron chi connectivity index (χ2n) is 11.4. The smallest absolute Gasteiger partial charge is 0.0179 e. The minimum atomic E-state index is 0.577. The van der Waals surface area contributed by atoms with Crippen molar-refractivity contribution in [3.8, 4) is 0 Å².